The van der Waals surface area contributed by atoms with Crippen LogP contribution >= 0.6 is 11.6 Å². The summed E-state index contributed by atoms with van der Waals surface area (Å²) in [6.45, 7) is 0. The van der Waals surface area contributed by atoms with Crippen LogP contribution in [0, 0.1) is 10.1 Å². The second kappa shape index (κ2) is 9.09. The summed E-state index contributed by atoms with van der Waals surface area (Å²) >= 11 is 5.83. The summed E-state index contributed by atoms with van der Waals surface area (Å²) in [6.07, 6.45) is -0.303. The molecule has 0 spiro atoms. The highest BCUT2D eigenvalue weighted by molar-refractivity contribution is 6.30. The van der Waals surface area contributed by atoms with E-state index in [1.54, 1.807) is 24.3 Å². The van der Waals surface area contributed by atoms with Gasteiger partial charge in [0, 0.05) is 16.4 Å². The van der Waals surface area contributed by atoms with Crippen molar-refractivity contribution >= 4 is 23.5 Å². The molecule has 1 aromatic rings. The molecular formula is C15H18ClNO6. The van der Waals surface area contributed by atoms with Crippen molar-refractivity contribution < 1.29 is 24.0 Å². The smallest absolute Gasteiger partial charge is 0.306 e. The fraction of sp³-hybridized carbons (Fsp3) is 0.467. The van der Waals surface area contributed by atoms with Crippen LogP contribution in [0.5, 0.6) is 0 Å². The first-order valence-corrected chi connectivity index (χ1v) is 7.29. The van der Waals surface area contributed by atoms with Crippen LogP contribution in [0.4, 0.5) is 0 Å². The predicted molar refractivity (Wildman–Crippen MR) is 82.9 cm³/mol. The van der Waals surface area contributed by atoms with Crippen LogP contribution in [-0.4, -0.2) is 37.1 Å². The second-order valence-corrected chi connectivity index (χ2v) is 5.34. The van der Waals surface area contributed by atoms with Gasteiger partial charge in [0.1, 0.15) is 0 Å². The first-order chi connectivity index (χ1) is 10.9. The van der Waals surface area contributed by atoms with Gasteiger partial charge in [-0.05, 0) is 17.7 Å². The van der Waals surface area contributed by atoms with E-state index in [-0.39, 0.29) is 19.3 Å². The molecule has 1 rings (SSSR count). The molecular weight excluding hydrogens is 326 g/mol. The molecule has 0 aromatic heterocycles. The van der Waals surface area contributed by atoms with Gasteiger partial charge in [-0.25, -0.2) is 0 Å². The minimum absolute atomic E-state index is 0.0377. The molecule has 0 bridgehead atoms. The quantitative estimate of drug-likeness (QED) is 0.409. The molecule has 0 aliphatic heterocycles. The van der Waals surface area contributed by atoms with Crippen LogP contribution in [0.15, 0.2) is 24.3 Å². The number of nitrogens with zero attached hydrogens (tertiary/aromatic N) is 1. The fourth-order valence-electron chi connectivity index (χ4n) is 2.27. The lowest BCUT2D eigenvalue weighted by Gasteiger charge is -2.20. The predicted octanol–water partition coefficient (Wildman–Crippen LogP) is 2.59. The summed E-state index contributed by atoms with van der Waals surface area (Å²) in [7, 11) is 2.44. The average Bonchev–Trinajstić information content (AvgIpc) is 2.53. The van der Waals surface area contributed by atoms with Gasteiger partial charge < -0.3 is 9.47 Å². The topological polar surface area (TPSA) is 95.7 Å². The third kappa shape index (κ3) is 5.86. The van der Waals surface area contributed by atoms with Crippen molar-refractivity contribution in [3.63, 3.8) is 0 Å². The summed E-state index contributed by atoms with van der Waals surface area (Å²) in [5.41, 5.74) is 0.589. The van der Waals surface area contributed by atoms with Gasteiger partial charge in [-0.2, -0.15) is 0 Å². The molecule has 126 valence electrons. The van der Waals surface area contributed by atoms with E-state index in [0.717, 1.165) is 0 Å². The summed E-state index contributed by atoms with van der Waals surface area (Å²) in [6, 6.07) is 5.33. The molecule has 0 fully saturated rings. The number of methoxy groups -OCH3 is 2. The SMILES string of the molecule is COC(=O)CCC(C(CC(=O)OC)c1ccc(Cl)cc1)[N+](=O)[O-]. The Labute approximate surface area is 138 Å². The molecule has 0 saturated heterocycles. The monoisotopic (exact) mass is 343 g/mol. The summed E-state index contributed by atoms with van der Waals surface area (Å²) in [4.78, 5) is 33.8. The third-order valence-electron chi connectivity index (χ3n) is 3.52. The molecule has 0 saturated carbocycles. The summed E-state index contributed by atoms with van der Waals surface area (Å²) in [5, 5.41) is 11.9. The molecule has 0 N–H and O–H groups in total. The normalized spacial score (nSPS) is 13.0. The standard InChI is InChI=1S/C15H18ClNO6/c1-22-14(18)8-7-13(17(20)21)12(9-15(19)23-2)10-3-5-11(16)6-4-10/h3-6,12-13H,7-9H2,1-2H3. The van der Waals surface area contributed by atoms with Crippen molar-refractivity contribution in [1.29, 1.82) is 0 Å². The molecule has 0 heterocycles. The van der Waals surface area contributed by atoms with Gasteiger partial charge in [-0.1, -0.05) is 23.7 Å². The molecule has 7 nitrogen and oxygen atoms in total. The maximum absolute atomic E-state index is 11.6. The second-order valence-electron chi connectivity index (χ2n) is 4.91. The Morgan fingerprint density at radius 3 is 2.22 bits per heavy atom. The van der Waals surface area contributed by atoms with E-state index in [1.165, 1.54) is 14.2 Å². The van der Waals surface area contributed by atoms with Gasteiger partial charge in [0.25, 0.3) is 0 Å². The van der Waals surface area contributed by atoms with E-state index < -0.39 is 28.8 Å². The van der Waals surface area contributed by atoms with Gasteiger partial charge in [-0.15, -0.1) is 0 Å². The Hall–Kier alpha value is -2.15. The zero-order chi connectivity index (χ0) is 17.4. The molecule has 0 radical (unpaired) electrons. The van der Waals surface area contributed by atoms with Crippen molar-refractivity contribution in [3.05, 3.63) is 45.0 Å². The van der Waals surface area contributed by atoms with Crippen molar-refractivity contribution in [3.8, 4) is 0 Å². The highest BCUT2D eigenvalue weighted by Crippen LogP contribution is 2.29. The van der Waals surface area contributed by atoms with Crippen LogP contribution in [0.1, 0.15) is 30.7 Å². The molecule has 23 heavy (non-hydrogen) atoms. The number of carbonyl (C=O) groups is 2. The van der Waals surface area contributed by atoms with Crippen LogP contribution in [0.25, 0.3) is 0 Å². The first kappa shape index (κ1) is 18.9. The van der Waals surface area contributed by atoms with Crippen molar-refractivity contribution in [1.82, 2.24) is 0 Å². The molecule has 2 unspecified atom stereocenters. The average molecular weight is 344 g/mol. The van der Waals surface area contributed by atoms with Gasteiger partial charge in [0.05, 0.1) is 33.0 Å². The fourth-order valence-corrected chi connectivity index (χ4v) is 2.40. The number of hydrogen-bond donors (Lipinski definition) is 0. The molecule has 8 heteroatoms. The van der Waals surface area contributed by atoms with Crippen molar-refractivity contribution in [2.75, 3.05) is 14.2 Å². The van der Waals surface area contributed by atoms with Crippen LogP contribution in [0.3, 0.4) is 0 Å². The Bertz CT molecular complexity index is 560. The summed E-state index contributed by atoms with van der Waals surface area (Å²) < 4.78 is 9.14. The lowest BCUT2D eigenvalue weighted by molar-refractivity contribution is -0.527. The highest BCUT2D eigenvalue weighted by atomic mass is 35.5. The molecule has 0 aliphatic rings. The minimum Gasteiger partial charge on any atom is -0.469 e. The zero-order valence-electron chi connectivity index (χ0n) is 12.9. The largest absolute Gasteiger partial charge is 0.469 e. The number of nitro groups is 1. The maximum atomic E-state index is 11.6. The lowest BCUT2D eigenvalue weighted by atomic mass is 9.86. The Morgan fingerprint density at radius 1 is 1.17 bits per heavy atom. The maximum Gasteiger partial charge on any atom is 0.306 e. The number of halogens is 1. The number of ether oxygens (including phenoxy) is 2. The van der Waals surface area contributed by atoms with E-state index >= 15 is 0 Å². The highest BCUT2D eigenvalue weighted by Gasteiger charge is 2.35. The Kier molecular flexibility index (Phi) is 7.47. The number of rotatable bonds is 8. The first-order valence-electron chi connectivity index (χ1n) is 6.91. The molecule has 0 aliphatic carbocycles. The van der Waals surface area contributed by atoms with E-state index in [9.17, 15) is 19.7 Å². The van der Waals surface area contributed by atoms with E-state index in [0.29, 0.717) is 10.6 Å². The Balaban J connectivity index is 3.06. The summed E-state index contributed by atoms with van der Waals surface area (Å²) in [5.74, 6) is -1.82. The van der Waals surface area contributed by atoms with E-state index in [2.05, 4.69) is 9.47 Å². The van der Waals surface area contributed by atoms with Gasteiger partial charge in [0.2, 0.25) is 6.04 Å². The van der Waals surface area contributed by atoms with Crippen molar-refractivity contribution in [2.24, 2.45) is 0 Å². The van der Waals surface area contributed by atoms with Crippen LogP contribution < -0.4 is 0 Å². The number of benzene rings is 1. The minimum atomic E-state index is -1.12. The van der Waals surface area contributed by atoms with Gasteiger partial charge in [-0.3, -0.25) is 19.7 Å². The third-order valence-corrected chi connectivity index (χ3v) is 3.77. The molecule has 2 atom stereocenters. The van der Waals surface area contributed by atoms with E-state index in [1.807, 2.05) is 0 Å². The zero-order valence-corrected chi connectivity index (χ0v) is 13.6. The molecule has 0 amide bonds. The number of carbonyl (C=O) groups excluding carboxylic acids is 2. The number of esters is 2. The van der Waals surface area contributed by atoms with Gasteiger partial charge >= 0.3 is 11.9 Å². The van der Waals surface area contributed by atoms with Gasteiger partial charge in [0.15, 0.2) is 0 Å². The van der Waals surface area contributed by atoms with Crippen LogP contribution in [-0.2, 0) is 19.1 Å². The number of hydrogen-bond acceptors (Lipinski definition) is 6. The Morgan fingerprint density at radius 2 is 1.74 bits per heavy atom. The van der Waals surface area contributed by atoms with Crippen molar-refractivity contribution in [2.45, 2.75) is 31.2 Å². The molecule has 1 aromatic carbocycles. The van der Waals surface area contributed by atoms with Crippen LogP contribution in [0.2, 0.25) is 5.02 Å². The lowest BCUT2D eigenvalue weighted by Crippen LogP contribution is -2.30. The van der Waals surface area contributed by atoms with E-state index in [4.69, 9.17) is 11.6 Å².